The highest BCUT2D eigenvalue weighted by Gasteiger charge is 2.17. The minimum absolute atomic E-state index is 0.164. The number of hydrogen-bond donors (Lipinski definition) is 2. The van der Waals surface area contributed by atoms with Gasteiger partial charge in [-0.05, 0) is 19.8 Å². The van der Waals surface area contributed by atoms with Crippen LogP contribution in [0.5, 0.6) is 0 Å². The van der Waals surface area contributed by atoms with Gasteiger partial charge in [0, 0.05) is 44.1 Å². The Balaban J connectivity index is 1.54. The Labute approximate surface area is 157 Å². The third-order valence-electron chi connectivity index (χ3n) is 4.80. The van der Waals surface area contributed by atoms with Crippen LogP contribution in [0.4, 0.5) is 11.9 Å². The zero-order valence-corrected chi connectivity index (χ0v) is 15.4. The van der Waals surface area contributed by atoms with Crippen molar-refractivity contribution in [3.05, 3.63) is 28.3 Å². The average Bonchev–Trinajstić information content (AvgIpc) is 3.20. The van der Waals surface area contributed by atoms with Gasteiger partial charge in [0.25, 0.3) is 5.56 Å². The fourth-order valence-corrected chi connectivity index (χ4v) is 3.32. The lowest BCUT2D eigenvalue weighted by molar-refractivity contribution is 0.120. The topological polar surface area (TPSA) is 105 Å². The van der Waals surface area contributed by atoms with Gasteiger partial charge >= 0.3 is 0 Å². The molecule has 0 aliphatic carbocycles. The molecule has 0 saturated carbocycles. The molecule has 2 aliphatic rings. The van der Waals surface area contributed by atoms with Gasteiger partial charge in [-0.1, -0.05) is 0 Å². The van der Waals surface area contributed by atoms with E-state index in [4.69, 9.17) is 9.47 Å². The van der Waals surface area contributed by atoms with E-state index in [0.717, 1.165) is 43.8 Å². The van der Waals surface area contributed by atoms with Crippen LogP contribution in [-0.2, 0) is 9.47 Å². The number of ether oxygens (including phenoxy) is 2. The number of aryl methyl sites for hydroxylation is 1. The van der Waals surface area contributed by atoms with Crippen molar-refractivity contribution >= 4 is 11.9 Å². The summed E-state index contributed by atoms with van der Waals surface area (Å²) < 4.78 is 11.0. The maximum absolute atomic E-state index is 12.1. The summed E-state index contributed by atoms with van der Waals surface area (Å²) in [5.41, 5.74) is 1.87. The van der Waals surface area contributed by atoms with Crippen LogP contribution in [0.2, 0.25) is 0 Å². The Morgan fingerprint density at radius 3 is 2.89 bits per heavy atom. The van der Waals surface area contributed by atoms with Crippen molar-refractivity contribution in [1.82, 2.24) is 19.9 Å². The number of morpholine rings is 1. The van der Waals surface area contributed by atoms with Crippen LogP contribution < -0.4 is 15.8 Å². The summed E-state index contributed by atoms with van der Waals surface area (Å²) in [7, 11) is 0. The second kappa shape index (κ2) is 8.01. The molecule has 0 bridgehead atoms. The molecule has 2 N–H and O–H groups in total. The lowest BCUT2D eigenvalue weighted by Gasteiger charge is -2.27. The second-order valence-electron chi connectivity index (χ2n) is 6.76. The number of rotatable bonds is 5. The van der Waals surface area contributed by atoms with Gasteiger partial charge in [-0.2, -0.15) is 0 Å². The zero-order valence-electron chi connectivity index (χ0n) is 15.4. The standard InChI is InChI=1S/C18H24N6O3/c1-12-14(11-20-18(21-12)24-4-7-26-8-5-24)15-9-16(25)23-17(22-15)19-10-13-3-2-6-27-13/h9,11,13H,2-8,10H2,1H3,(H2,19,22,23,25). The van der Waals surface area contributed by atoms with E-state index in [1.54, 1.807) is 6.20 Å². The summed E-state index contributed by atoms with van der Waals surface area (Å²) in [6.07, 6.45) is 3.99. The van der Waals surface area contributed by atoms with Crippen molar-refractivity contribution in [2.75, 3.05) is 49.7 Å². The average molecular weight is 372 g/mol. The van der Waals surface area contributed by atoms with E-state index < -0.39 is 0 Å². The molecule has 4 heterocycles. The van der Waals surface area contributed by atoms with Crippen LogP contribution in [-0.4, -0.2) is 65.5 Å². The van der Waals surface area contributed by atoms with Gasteiger partial charge in [0.2, 0.25) is 11.9 Å². The molecule has 0 amide bonds. The summed E-state index contributed by atoms with van der Waals surface area (Å²) in [6, 6.07) is 1.47. The predicted molar refractivity (Wildman–Crippen MR) is 101 cm³/mol. The minimum Gasteiger partial charge on any atom is -0.378 e. The van der Waals surface area contributed by atoms with E-state index in [0.29, 0.717) is 37.3 Å². The van der Waals surface area contributed by atoms with Crippen LogP contribution in [0.3, 0.4) is 0 Å². The van der Waals surface area contributed by atoms with Gasteiger partial charge in [-0.3, -0.25) is 9.78 Å². The molecule has 2 aliphatic heterocycles. The van der Waals surface area contributed by atoms with Crippen LogP contribution >= 0.6 is 0 Å². The van der Waals surface area contributed by atoms with E-state index in [1.165, 1.54) is 6.07 Å². The second-order valence-corrected chi connectivity index (χ2v) is 6.76. The molecule has 144 valence electrons. The Morgan fingerprint density at radius 1 is 1.30 bits per heavy atom. The van der Waals surface area contributed by atoms with E-state index in [-0.39, 0.29) is 11.7 Å². The molecule has 4 rings (SSSR count). The van der Waals surface area contributed by atoms with E-state index in [2.05, 4.69) is 30.2 Å². The Bertz CT molecular complexity index is 843. The van der Waals surface area contributed by atoms with Gasteiger partial charge < -0.3 is 19.7 Å². The molecule has 2 saturated heterocycles. The normalized spacial score (nSPS) is 20.0. The maximum atomic E-state index is 12.1. The van der Waals surface area contributed by atoms with Crippen molar-refractivity contribution in [1.29, 1.82) is 0 Å². The smallest absolute Gasteiger partial charge is 0.252 e. The maximum Gasteiger partial charge on any atom is 0.252 e. The number of aromatic nitrogens is 4. The van der Waals surface area contributed by atoms with E-state index in [1.807, 2.05) is 6.92 Å². The van der Waals surface area contributed by atoms with Crippen molar-refractivity contribution in [3.63, 3.8) is 0 Å². The largest absolute Gasteiger partial charge is 0.378 e. The quantitative estimate of drug-likeness (QED) is 0.800. The van der Waals surface area contributed by atoms with Gasteiger partial charge in [0.05, 0.1) is 30.7 Å². The molecule has 2 aromatic rings. The lowest BCUT2D eigenvalue weighted by Crippen LogP contribution is -2.37. The van der Waals surface area contributed by atoms with Gasteiger partial charge in [-0.25, -0.2) is 15.0 Å². The first kappa shape index (κ1) is 17.9. The fourth-order valence-electron chi connectivity index (χ4n) is 3.32. The summed E-state index contributed by atoms with van der Waals surface area (Å²) in [5, 5.41) is 3.17. The molecule has 1 atom stereocenters. The highest BCUT2D eigenvalue weighted by Crippen LogP contribution is 2.21. The monoisotopic (exact) mass is 372 g/mol. The summed E-state index contributed by atoms with van der Waals surface area (Å²) in [6.45, 7) is 6.24. The molecule has 9 nitrogen and oxygen atoms in total. The fraction of sp³-hybridized carbons (Fsp3) is 0.556. The van der Waals surface area contributed by atoms with Crippen molar-refractivity contribution in [2.24, 2.45) is 0 Å². The first-order valence-corrected chi connectivity index (χ1v) is 9.32. The highest BCUT2D eigenvalue weighted by atomic mass is 16.5. The Kier molecular flexibility index (Phi) is 5.30. The van der Waals surface area contributed by atoms with Gasteiger partial charge in [-0.15, -0.1) is 0 Å². The predicted octanol–water partition coefficient (Wildman–Crippen LogP) is 0.963. The van der Waals surface area contributed by atoms with Gasteiger partial charge in [0.15, 0.2) is 0 Å². The number of nitrogens with one attached hydrogen (secondary N) is 2. The molecule has 0 radical (unpaired) electrons. The number of nitrogens with zero attached hydrogens (tertiary/aromatic N) is 4. The lowest BCUT2D eigenvalue weighted by atomic mass is 10.2. The molecule has 0 spiro atoms. The van der Waals surface area contributed by atoms with Crippen LogP contribution in [0, 0.1) is 6.92 Å². The number of aromatic amines is 1. The van der Waals surface area contributed by atoms with Crippen molar-refractivity contribution < 1.29 is 9.47 Å². The van der Waals surface area contributed by atoms with Crippen molar-refractivity contribution in [2.45, 2.75) is 25.9 Å². The molecule has 1 unspecified atom stereocenters. The SMILES string of the molecule is Cc1nc(N2CCOCC2)ncc1-c1cc(=O)[nH]c(NCC2CCCO2)n1. The first-order chi connectivity index (χ1) is 13.2. The first-order valence-electron chi connectivity index (χ1n) is 9.32. The minimum atomic E-state index is -0.216. The summed E-state index contributed by atoms with van der Waals surface area (Å²) in [4.78, 5) is 30.5. The molecule has 9 heteroatoms. The van der Waals surface area contributed by atoms with Crippen molar-refractivity contribution in [3.8, 4) is 11.3 Å². The highest BCUT2D eigenvalue weighted by molar-refractivity contribution is 5.62. The molecule has 2 aromatic heterocycles. The molecular weight excluding hydrogens is 348 g/mol. The van der Waals surface area contributed by atoms with E-state index in [9.17, 15) is 4.79 Å². The van der Waals surface area contributed by atoms with E-state index >= 15 is 0 Å². The zero-order chi connectivity index (χ0) is 18.6. The molecule has 0 aromatic carbocycles. The Morgan fingerprint density at radius 2 is 2.15 bits per heavy atom. The molecular formula is C18H24N6O3. The number of anilines is 2. The molecule has 2 fully saturated rings. The third-order valence-corrected chi connectivity index (χ3v) is 4.80. The van der Waals surface area contributed by atoms with Gasteiger partial charge in [0.1, 0.15) is 0 Å². The number of hydrogen-bond acceptors (Lipinski definition) is 8. The third kappa shape index (κ3) is 4.25. The van der Waals surface area contributed by atoms with Crippen LogP contribution in [0.25, 0.3) is 11.3 Å². The summed E-state index contributed by atoms with van der Waals surface area (Å²) in [5.74, 6) is 1.12. The molecule has 27 heavy (non-hydrogen) atoms. The summed E-state index contributed by atoms with van der Waals surface area (Å²) >= 11 is 0. The number of H-pyrrole nitrogens is 1. The van der Waals surface area contributed by atoms with Crippen LogP contribution in [0.15, 0.2) is 17.1 Å². The Hall–Kier alpha value is -2.52. The van der Waals surface area contributed by atoms with Crippen LogP contribution in [0.1, 0.15) is 18.5 Å².